The zero-order valence-corrected chi connectivity index (χ0v) is 34.8. The molecule has 11 heteroatoms. The average molecular weight is 809 g/mol. The van der Waals surface area contributed by atoms with Gasteiger partial charge in [-0.25, -0.2) is 9.59 Å². The first kappa shape index (κ1) is 45.6. The minimum Gasteiger partial charge on any atom is -0.478 e. The van der Waals surface area contributed by atoms with Crippen LogP contribution in [0.25, 0.3) is 0 Å². The number of aliphatic carboxylic acids is 2. The van der Waals surface area contributed by atoms with Gasteiger partial charge in [0.05, 0.1) is 11.4 Å². The Labute approximate surface area is 342 Å². The number of carboxylic acid groups (broad SMARTS) is 2. The number of hydrogen-bond acceptors (Lipinski definition) is 7. The van der Waals surface area contributed by atoms with Crippen LogP contribution in [0.1, 0.15) is 58.1 Å². The number of likely N-dealkylation sites (tertiary alicyclic amines) is 1. The van der Waals surface area contributed by atoms with Crippen molar-refractivity contribution in [2.24, 2.45) is 0 Å². The zero-order chi connectivity index (χ0) is 39.1. The van der Waals surface area contributed by atoms with E-state index in [4.69, 9.17) is 26.6 Å². The number of nitrogens with zero attached hydrogens (tertiary/aromatic N) is 3. The number of hydrogen-bond donors (Lipinski definition) is 2. The highest BCUT2D eigenvalue weighted by atomic mass is 35.5. The van der Waals surface area contributed by atoms with E-state index in [9.17, 15) is 9.59 Å². The fourth-order valence-corrected chi connectivity index (χ4v) is 8.17. The lowest BCUT2D eigenvalue weighted by Crippen LogP contribution is -2.41. The Kier molecular flexibility index (Phi) is 18.8. The molecule has 2 aliphatic rings. The van der Waals surface area contributed by atoms with Crippen LogP contribution in [-0.2, 0) is 19.9 Å². The first-order valence-electron chi connectivity index (χ1n) is 18.6. The molecule has 0 amide bonds. The minimum absolute atomic E-state index is 0. The third-order valence-corrected chi connectivity index (χ3v) is 11.4. The van der Waals surface area contributed by atoms with Crippen LogP contribution in [0.5, 0.6) is 0 Å². The summed E-state index contributed by atoms with van der Waals surface area (Å²) in [5.74, 6) is -2.51. The molecule has 6 rings (SSSR count). The van der Waals surface area contributed by atoms with E-state index >= 15 is 0 Å². The van der Waals surface area contributed by atoms with Crippen molar-refractivity contribution in [3.63, 3.8) is 0 Å². The Morgan fingerprint density at radius 3 is 1.87 bits per heavy atom. The molecule has 0 radical (unpaired) electrons. The van der Waals surface area contributed by atoms with Gasteiger partial charge in [0, 0.05) is 52.2 Å². The maximum Gasteiger partial charge on any atom is 0.328 e. The van der Waals surface area contributed by atoms with Gasteiger partial charge in [0.15, 0.2) is 0 Å². The number of benzene rings is 4. The molecule has 0 saturated carbocycles. The van der Waals surface area contributed by atoms with Gasteiger partial charge < -0.3 is 24.7 Å². The molecule has 1 fully saturated rings. The molecule has 3 unspecified atom stereocenters. The molecule has 0 spiro atoms. The standard InChI is InChI=1S/C21H26ClNO.C19H24N2S.C4H4O4.ClH/c1-21(17-7-4-3-5-8-17,18-10-12-19(22)13-11-18)24-16-14-20-9-6-15-23(20)2;1-4-20(5-2)15(3)14-21-16-10-6-8-12-18(16)22-19-13-9-7-11-17(19)21;5-3(6)1-2-4(7)8;/h3-5,7-8,10-13,20H,6,9,14-16H2,1-2H3;6-13,15H,4-5,14H2,1-3H3;1-2H,(H,5,6)(H,7,8);1H. The molecule has 4 aromatic rings. The van der Waals surface area contributed by atoms with E-state index < -0.39 is 17.5 Å². The van der Waals surface area contributed by atoms with Crippen LogP contribution >= 0.6 is 35.8 Å². The lowest BCUT2D eigenvalue weighted by molar-refractivity contribution is -0.134. The van der Waals surface area contributed by atoms with Crippen LogP contribution in [0.4, 0.5) is 11.4 Å². The molecule has 1 saturated heterocycles. The van der Waals surface area contributed by atoms with Gasteiger partial charge in [-0.1, -0.05) is 104 Å². The monoisotopic (exact) mass is 807 g/mol. The summed E-state index contributed by atoms with van der Waals surface area (Å²) in [6.45, 7) is 14.2. The predicted molar refractivity (Wildman–Crippen MR) is 229 cm³/mol. The van der Waals surface area contributed by atoms with Gasteiger partial charge in [0.1, 0.15) is 5.60 Å². The first-order valence-corrected chi connectivity index (χ1v) is 19.8. The second kappa shape index (κ2) is 22.7. The summed E-state index contributed by atoms with van der Waals surface area (Å²) in [6, 6.07) is 37.1. The number of para-hydroxylation sites is 2. The average Bonchev–Trinajstić information content (AvgIpc) is 3.59. The zero-order valence-electron chi connectivity index (χ0n) is 32.4. The Bertz CT molecular complexity index is 1750. The Morgan fingerprint density at radius 2 is 1.38 bits per heavy atom. The quantitative estimate of drug-likeness (QED) is 0.128. The Morgan fingerprint density at radius 1 is 0.873 bits per heavy atom. The van der Waals surface area contributed by atoms with E-state index in [1.807, 2.05) is 30.0 Å². The van der Waals surface area contributed by atoms with Gasteiger partial charge in [0.25, 0.3) is 0 Å². The fraction of sp³-hybridized carbons (Fsp3) is 0.364. The van der Waals surface area contributed by atoms with Crippen molar-refractivity contribution in [1.29, 1.82) is 0 Å². The maximum absolute atomic E-state index is 9.55. The number of ether oxygens (including phenoxy) is 1. The summed E-state index contributed by atoms with van der Waals surface area (Å²) in [6.07, 6.45) is 4.77. The molecule has 3 atom stereocenters. The first-order chi connectivity index (χ1) is 26.0. The minimum atomic E-state index is -1.26. The van der Waals surface area contributed by atoms with Crippen LogP contribution in [0.2, 0.25) is 5.02 Å². The SMILES string of the molecule is CCN(CC)C(C)CN1c2ccccc2Sc2ccccc21.CN1CCCC1CCOC(C)(c1ccccc1)c1ccc(Cl)cc1.Cl.O=C(O)C=CC(=O)O. The molecular formula is C44H55Cl2N3O5S. The van der Waals surface area contributed by atoms with Crippen molar-refractivity contribution in [3.05, 3.63) is 131 Å². The van der Waals surface area contributed by atoms with Gasteiger partial charge in [-0.2, -0.15) is 0 Å². The van der Waals surface area contributed by atoms with E-state index in [2.05, 4.69) is 134 Å². The lowest BCUT2D eigenvalue weighted by atomic mass is 9.88. The fourth-order valence-electron chi connectivity index (χ4n) is 6.95. The smallest absolute Gasteiger partial charge is 0.328 e. The van der Waals surface area contributed by atoms with Crippen molar-refractivity contribution in [2.45, 2.75) is 74.4 Å². The second-order valence-electron chi connectivity index (χ2n) is 13.5. The molecule has 55 heavy (non-hydrogen) atoms. The molecule has 2 heterocycles. The van der Waals surface area contributed by atoms with Crippen molar-refractivity contribution in [2.75, 3.05) is 44.7 Å². The van der Waals surface area contributed by atoms with Gasteiger partial charge in [-0.3, -0.25) is 4.90 Å². The van der Waals surface area contributed by atoms with E-state index in [-0.39, 0.29) is 12.4 Å². The van der Waals surface area contributed by atoms with Crippen molar-refractivity contribution >= 4 is 59.1 Å². The normalized spacial score (nSPS) is 16.3. The topological polar surface area (TPSA) is 93.5 Å². The molecule has 2 N–H and O–H groups in total. The number of carboxylic acids is 2. The highest BCUT2D eigenvalue weighted by Gasteiger charge is 2.31. The number of fused-ring (bicyclic) bond motifs is 2. The summed E-state index contributed by atoms with van der Waals surface area (Å²) in [5, 5.41) is 16.4. The second-order valence-corrected chi connectivity index (χ2v) is 15.1. The molecule has 4 aromatic carbocycles. The van der Waals surface area contributed by atoms with Crippen LogP contribution in [0.3, 0.4) is 0 Å². The van der Waals surface area contributed by atoms with Crippen molar-refractivity contribution in [1.82, 2.24) is 9.80 Å². The van der Waals surface area contributed by atoms with Gasteiger partial charge >= 0.3 is 11.9 Å². The number of rotatable bonds is 13. The van der Waals surface area contributed by atoms with Crippen molar-refractivity contribution < 1.29 is 24.5 Å². The third kappa shape index (κ3) is 13.1. The summed E-state index contributed by atoms with van der Waals surface area (Å²) < 4.78 is 6.48. The van der Waals surface area contributed by atoms with Crippen LogP contribution in [0.15, 0.2) is 125 Å². The molecule has 2 aliphatic heterocycles. The molecule has 0 aromatic heterocycles. The molecule has 0 aliphatic carbocycles. The van der Waals surface area contributed by atoms with Gasteiger partial charge in [-0.05, 0) is 107 Å². The molecule has 0 bridgehead atoms. The third-order valence-electron chi connectivity index (χ3n) is 10.0. The number of anilines is 2. The van der Waals surface area contributed by atoms with Crippen LogP contribution < -0.4 is 4.90 Å². The van der Waals surface area contributed by atoms with E-state index in [0.29, 0.717) is 24.2 Å². The summed E-state index contributed by atoms with van der Waals surface area (Å²) in [4.78, 5) is 29.3. The van der Waals surface area contributed by atoms with E-state index in [0.717, 1.165) is 43.2 Å². The summed E-state index contributed by atoms with van der Waals surface area (Å²) >= 11 is 7.95. The van der Waals surface area contributed by atoms with E-state index in [1.165, 1.54) is 46.1 Å². The molecule has 296 valence electrons. The lowest BCUT2D eigenvalue weighted by Gasteiger charge is -2.37. The van der Waals surface area contributed by atoms with E-state index in [1.54, 1.807) is 0 Å². The number of halogens is 2. The van der Waals surface area contributed by atoms with Crippen LogP contribution in [-0.4, -0.2) is 83.9 Å². The molecular weight excluding hydrogens is 753 g/mol. The van der Waals surface area contributed by atoms with Gasteiger partial charge in [-0.15, -0.1) is 12.4 Å². The maximum atomic E-state index is 9.55. The largest absolute Gasteiger partial charge is 0.478 e. The Hall–Kier alpha value is -3.83. The predicted octanol–water partition coefficient (Wildman–Crippen LogP) is 10.3. The molecule has 8 nitrogen and oxygen atoms in total. The highest BCUT2D eigenvalue weighted by molar-refractivity contribution is 7.99. The number of likely N-dealkylation sites (N-methyl/N-ethyl adjacent to an activating group) is 1. The number of carbonyl (C=O) groups is 2. The van der Waals surface area contributed by atoms with Crippen LogP contribution in [0, 0.1) is 0 Å². The summed E-state index contributed by atoms with van der Waals surface area (Å²) in [5.41, 5.74) is 4.53. The Balaban J connectivity index is 0.000000244. The highest BCUT2D eigenvalue weighted by Crippen LogP contribution is 2.48. The summed E-state index contributed by atoms with van der Waals surface area (Å²) in [7, 11) is 2.22. The van der Waals surface area contributed by atoms with Crippen molar-refractivity contribution in [3.8, 4) is 0 Å². The van der Waals surface area contributed by atoms with Gasteiger partial charge in [0.2, 0.25) is 0 Å².